The van der Waals surface area contributed by atoms with E-state index in [9.17, 15) is 0 Å². The van der Waals surface area contributed by atoms with Gasteiger partial charge in [0, 0.05) is 49.5 Å². The van der Waals surface area contributed by atoms with Gasteiger partial charge in [-0.05, 0) is 25.5 Å². The Kier molecular flexibility index (Phi) is 4.38. The smallest absolute Gasteiger partial charge is 0.130 e. The van der Waals surface area contributed by atoms with Crippen molar-refractivity contribution in [3.8, 4) is 11.3 Å². The molecule has 0 aliphatic rings. The number of aryl methyl sites for hydroxylation is 2. The van der Waals surface area contributed by atoms with Crippen LogP contribution in [0.3, 0.4) is 0 Å². The van der Waals surface area contributed by atoms with Crippen LogP contribution in [0, 0.1) is 6.92 Å². The lowest BCUT2D eigenvalue weighted by atomic mass is 10.2. The maximum atomic E-state index is 4.47. The normalized spacial score (nSPS) is 10.6. The van der Waals surface area contributed by atoms with Gasteiger partial charge in [-0.3, -0.25) is 4.98 Å². The third-order valence-electron chi connectivity index (χ3n) is 3.25. The summed E-state index contributed by atoms with van der Waals surface area (Å²) < 4.78 is 2.06. The highest BCUT2D eigenvalue weighted by atomic mass is 15.0. The van der Waals surface area contributed by atoms with Gasteiger partial charge in [0.25, 0.3) is 0 Å². The first kappa shape index (κ1) is 14.2. The van der Waals surface area contributed by atoms with Crippen molar-refractivity contribution in [1.82, 2.24) is 24.5 Å². The van der Waals surface area contributed by atoms with Crippen LogP contribution in [0.5, 0.6) is 0 Å². The molecule has 0 aliphatic heterocycles. The molecule has 6 heteroatoms. The van der Waals surface area contributed by atoms with E-state index in [1.165, 1.54) is 0 Å². The molecular formula is C16H18N6. The topological polar surface area (TPSA) is 68.5 Å². The van der Waals surface area contributed by atoms with E-state index in [-0.39, 0.29) is 0 Å². The summed E-state index contributed by atoms with van der Waals surface area (Å²) in [6.07, 6.45) is 10.2. The molecule has 3 heterocycles. The van der Waals surface area contributed by atoms with Gasteiger partial charge in [0.2, 0.25) is 0 Å². The Bertz CT molecular complexity index is 709. The summed E-state index contributed by atoms with van der Waals surface area (Å²) in [6.45, 7) is 3.68. The zero-order valence-electron chi connectivity index (χ0n) is 12.5. The maximum absolute atomic E-state index is 4.47. The second-order valence-corrected chi connectivity index (χ2v) is 5.01. The van der Waals surface area contributed by atoms with Crippen molar-refractivity contribution >= 4 is 5.82 Å². The van der Waals surface area contributed by atoms with Crippen LogP contribution in [0.15, 0.2) is 49.3 Å². The van der Waals surface area contributed by atoms with E-state index < -0.39 is 0 Å². The number of nitrogens with zero attached hydrogens (tertiary/aromatic N) is 5. The minimum Gasteiger partial charge on any atom is -0.370 e. The molecular weight excluding hydrogens is 276 g/mol. The minimum absolute atomic E-state index is 0.749. The first-order valence-corrected chi connectivity index (χ1v) is 7.27. The molecule has 0 bridgehead atoms. The quantitative estimate of drug-likeness (QED) is 0.708. The Morgan fingerprint density at radius 1 is 1.18 bits per heavy atom. The van der Waals surface area contributed by atoms with Gasteiger partial charge in [0.15, 0.2) is 0 Å². The Morgan fingerprint density at radius 2 is 2.14 bits per heavy atom. The molecule has 0 saturated heterocycles. The second kappa shape index (κ2) is 6.80. The maximum Gasteiger partial charge on any atom is 0.130 e. The summed E-state index contributed by atoms with van der Waals surface area (Å²) in [5.74, 6) is 1.59. The van der Waals surface area contributed by atoms with Crippen molar-refractivity contribution in [2.75, 3.05) is 11.9 Å². The molecule has 0 radical (unpaired) electrons. The molecule has 0 aromatic carbocycles. The molecule has 0 amide bonds. The first-order chi connectivity index (χ1) is 10.8. The molecule has 0 spiro atoms. The number of hydrogen-bond acceptors (Lipinski definition) is 5. The van der Waals surface area contributed by atoms with E-state index in [2.05, 4.69) is 29.8 Å². The number of anilines is 1. The predicted octanol–water partition coefficient (Wildman–Crippen LogP) is 2.55. The summed E-state index contributed by atoms with van der Waals surface area (Å²) in [6, 6.07) is 5.86. The Hall–Kier alpha value is -2.76. The number of pyridine rings is 1. The van der Waals surface area contributed by atoms with Crippen molar-refractivity contribution in [3.63, 3.8) is 0 Å². The van der Waals surface area contributed by atoms with Crippen LogP contribution in [0.25, 0.3) is 11.3 Å². The average molecular weight is 294 g/mol. The summed E-state index contributed by atoms with van der Waals surface area (Å²) in [4.78, 5) is 17.1. The molecule has 3 aromatic heterocycles. The van der Waals surface area contributed by atoms with Gasteiger partial charge in [0.05, 0.1) is 12.0 Å². The largest absolute Gasteiger partial charge is 0.370 e. The van der Waals surface area contributed by atoms with Crippen molar-refractivity contribution in [2.45, 2.75) is 19.9 Å². The molecule has 0 unspecified atom stereocenters. The molecule has 112 valence electrons. The number of imidazole rings is 1. The average Bonchev–Trinajstić information content (AvgIpc) is 3.05. The van der Waals surface area contributed by atoms with Gasteiger partial charge in [-0.1, -0.05) is 0 Å². The molecule has 3 aromatic rings. The van der Waals surface area contributed by atoms with Gasteiger partial charge in [0.1, 0.15) is 11.6 Å². The Labute approximate surface area is 129 Å². The van der Waals surface area contributed by atoms with Crippen LogP contribution < -0.4 is 5.32 Å². The van der Waals surface area contributed by atoms with E-state index in [4.69, 9.17) is 0 Å². The third-order valence-corrected chi connectivity index (χ3v) is 3.25. The fraction of sp³-hybridized carbons (Fsp3) is 0.250. The van der Waals surface area contributed by atoms with Crippen LogP contribution in [0.4, 0.5) is 5.82 Å². The van der Waals surface area contributed by atoms with E-state index in [1.807, 2.05) is 43.8 Å². The van der Waals surface area contributed by atoms with Gasteiger partial charge in [-0.25, -0.2) is 15.0 Å². The molecule has 0 aliphatic carbocycles. The highest BCUT2D eigenvalue weighted by Crippen LogP contribution is 2.18. The number of nitrogens with one attached hydrogen (secondary N) is 1. The predicted molar refractivity (Wildman–Crippen MR) is 85.3 cm³/mol. The molecule has 1 N–H and O–H groups in total. The van der Waals surface area contributed by atoms with Gasteiger partial charge in [-0.15, -0.1) is 0 Å². The molecule has 22 heavy (non-hydrogen) atoms. The van der Waals surface area contributed by atoms with Crippen molar-refractivity contribution < 1.29 is 0 Å². The Balaban J connectivity index is 1.63. The van der Waals surface area contributed by atoms with Crippen molar-refractivity contribution in [2.24, 2.45) is 0 Å². The molecule has 0 fully saturated rings. The summed E-state index contributed by atoms with van der Waals surface area (Å²) in [5.41, 5.74) is 1.88. The molecule has 3 rings (SSSR count). The minimum atomic E-state index is 0.749. The fourth-order valence-electron chi connectivity index (χ4n) is 2.22. The van der Waals surface area contributed by atoms with E-state index in [0.29, 0.717) is 0 Å². The third kappa shape index (κ3) is 3.66. The summed E-state index contributed by atoms with van der Waals surface area (Å²) >= 11 is 0. The summed E-state index contributed by atoms with van der Waals surface area (Å²) in [5, 5.41) is 3.35. The van der Waals surface area contributed by atoms with Crippen molar-refractivity contribution in [3.05, 3.63) is 55.1 Å². The van der Waals surface area contributed by atoms with E-state index >= 15 is 0 Å². The van der Waals surface area contributed by atoms with Crippen LogP contribution in [-0.4, -0.2) is 31.0 Å². The SMILES string of the molecule is Cc1nc(NCCCn2ccnc2)cc(-c2cccnc2)n1. The van der Waals surface area contributed by atoms with Gasteiger partial charge >= 0.3 is 0 Å². The monoisotopic (exact) mass is 294 g/mol. The molecule has 0 atom stereocenters. The highest BCUT2D eigenvalue weighted by molar-refractivity contribution is 5.61. The molecule has 0 saturated carbocycles. The number of aromatic nitrogens is 5. The molecule has 6 nitrogen and oxygen atoms in total. The van der Waals surface area contributed by atoms with Gasteiger partial charge in [-0.2, -0.15) is 0 Å². The first-order valence-electron chi connectivity index (χ1n) is 7.27. The number of rotatable bonds is 6. The fourth-order valence-corrected chi connectivity index (χ4v) is 2.22. The standard InChI is InChI=1S/C16H18N6/c1-13-20-15(14-4-2-5-17-11-14)10-16(21-13)19-6-3-8-22-9-7-18-12-22/h2,4-5,7,9-12H,3,6,8H2,1H3,(H,19,20,21). The van der Waals surface area contributed by atoms with Crippen LogP contribution in [0.2, 0.25) is 0 Å². The van der Waals surface area contributed by atoms with E-state index in [1.54, 1.807) is 12.4 Å². The number of hydrogen-bond donors (Lipinski definition) is 1. The van der Waals surface area contributed by atoms with Gasteiger partial charge < -0.3 is 9.88 Å². The highest BCUT2D eigenvalue weighted by Gasteiger charge is 2.04. The zero-order chi connectivity index (χ0) is 15.2. The van der Waals surface area contributed by atoms with E-state index in [0.717, 1.165) is 42.4 Å². The lowest BCUT2D eigenvalue weighted by Crippen LogP contribution is -2.08. The second-order valence-electron chi connectivity index (χ2n) is 5.01. The van der Waals surface area contributed by atoms with Crippen LogP contribution in [-0.2, 0) is 6.54 Å². The van der Waals surface area contributed by atoms with Crippen LogP contribution >= 0.6 is 0 Å². The lowest BCUT2D eigenvalue weighted by molar-refractivity contribution is 0.660. The zero-order valence-corrected chi connectivity index (χ0v) is 12.5. The lowest BCUT2D eigenvalue weighted by Gasteiger charge is -2.09. The van der Waals surface area contributed by atoms with Crippen molar-refractivity contribution in [1.29, 1.82) is 0 Å². The summed E-state index contributed by atoms with van der Waals surface area (Å²) in [7, 11) is 0. The Morgan fingerprint density at radius 3 is 2.91 bits per heavy atom. The van der Waals surface area contributed by atoms with Crippen LogP contribution in [0.1, 0.15) is 12.2 Å².